The number of ether oxygens (including phenoxy) is 3. The van der Waals surface area contributed by atoms with Crippen LogP contribution in [0.3, 0.4) is 0 Å². The number of hydrogen-bond donors (Lipinski definition) is 0. The van der Waals surface area contributed by atoms with Crippen molar-refractivity contribution in [3.05, 3.63) is 61.2 Å². The second-order valence-corrected chi connectivity index (χ2v) is 6.47. The van der Waals surface area contributed by atoms with Gasteiger partial charge >= 0.3 is 11.9 Å². The monoisotopic (exact) mass is 434 g/mol. The third-order valence-electron chi connectivity index (χ3n) is 4.55. The Hall–Kier alpha value is -2.82. The van der Waals surface area contributed by atoms with Gasteiger partial charge in [-0.3, -0.25) is 0 Å². The fourth-order valence-corrected chi connectivity index (χ4v) is 2.94. The number of hydrogen-bond acceptors (Lipinski definition) is 5. The predicted molar refractivity (Wildman–Crippen MR) is 131 cm³/mol. The molecule has 0 heterocycles. The molecule has 0 radical (unpaired) electrons. The zero-order chi connectivity index (χ0) is 19.5. The van der Waals surface area contributed by atoms with Crippen molar-refractivity contribution in [2.24, 2.45) is 11.8 Å². The first-order valence-corrected chi connectivity index (χ1v) is 9.10. The zero-order valence-corrected chi connectivity index (χ0v) is 15.5. The minimum absolute atomic E-state index is 0. The fraction of sp³-hybridized carbons (Fsp3) is 0.462. The van der Waals surface area contributed by atoms with E-state index in [1.807, 2.05) is 24.3 Å². The van der Waals surface area contributed by atoms with Crippen LogP contribution in [0.5, 0.6) is 5.75 Å². The quantitative estimate of drug-likeness (QED) is 0.242. The van der Waals surface area contributed by atoms with E-state index in [1.165, 1.54) is 6.08 Å². The van der Waals surface area contributed by atoms with Crippen molar-refractivity contribution < 1.29 is 23.8 Å². The Labute approximate surface area is 189 Å². The number of carbonyl (C=O) groups excluding carboxylic acids is 2. The highest BCUT2D eigenvalue weighted by Crippen LogP contribution is 2.30. The SMILES string of the molecule is C.C.C.C.C=CC(=O)OCOc1ccc(C=CC2CCC(COC(=O)C=C)CC2)cc1. The molecule has 31 heavy (non-hydrogen) atoms. The van der Waals surface area contributed by atoms with Gasteiger partial charge in [-0.15, -0.1) is 0 Å². The second-order valence-electron chi connectivity index (χ2n) is 6.47. The van der Waals surface area contributed by atoms with Crippen LogP contribution >= 0.6 is 0 Å². The smallest absolute Gasteiger partial charge is 0.333 e. The summed E-state index contributed by atoms with van der Waals surface area (Å²) in [5, 5.41) is 0. The van der Waals surface area contributed by atoms with E-state index >= 15 is 0 Å². The molecule has 176 valence electrons. The molecule has 0 bridgehead atoms. The third kappa shape index (κ3) is 12.5. The first-order valence-electron chi connectivity index (χ1n) is 9.10. The number of allylic oxidation sites excluding steroid dienone is 1. The summed E-state index contributed by atoms with van der Waals surface area (Å²) in [6, 6.07) is 7.60. The minimum Gasteiger partial charge on any atom is -0.462 e. The van der Waals surface area contributed by atoms with Crippen molar-refractivity contribution in [1.29, 1.82) is 0 Å². The lowest BCUT2D eigenvalue weighted by Crippen LogP contribution is -2.19. The zero-order valence-electron chi connectivity index (χ0n) is 15.5. The van der Waals surface area contributed by atoms with Gasteiger partial charge in [0.2, 0.25) is 6.79 Å². The van der Waals surface area contributed by atoms with E-state index < -0.39 is 5.97 Å². The van der Waals surface area contributed by atoms with Crippen molar-refractivity contribution in [3.63, 3.8) is 0 Å². The van der Waals surface area contributed by atoms with Crippen molar-refractivity contribution >= 4 is 18.0 Å². The van der Waals surface area contributed by atoms with Gasteiger partial charge in [-0.25, -0.2) is 9.59 Å². The van der Waals surface area contributed by atoms with Gasteiger partial charge in [0, 0.05) is 12.2 Å². The number of esters is 2. The topological polar surface area (TPSA) is 61.8 Å². The van der Waals surface area contributed by atoms with Crippen molar-refractivity contribution in [2.75, 3.05) is 13.4 Å². The highest BCUT2D eigenvalue weighted by atomic mass is 16.7. The fourth-order valence-electron chi connectivity index (χ4n) is 2.94. The summed E-state index contributed by atoms with van der Waals surface area (Å²) in [7, 11) is 0. The molecular weight excluding hydrogens is 392 g/mol. The van der Waals surface area contributed by atoms with E-state index in [-0.39, 0.29) is 42.5 Å². The van der Waals surface area contributed by atoms with E-state index in [0.717, 1.165) is 37.3 Å². The summed E-state index contributed by atoms with van der Waals surface area (Å²) in [4.78, 5) is 22.1. The summed E-state index contributed by atoms with van der Waals surface area (Å²) in [5.41, 5.74) is 1.09. The summed E-state index contributed by atoms with van der Waals surface area (Å²) in [6.45, 7) is 7.08. The molecule has 0 aromatic heterocycles. The van der Waals surface area contributed by atoms with E-state index in [9.17, 15) is 9.59 Å². The maximum absolute atomic E-state index is 11.1. The average molecular weight is 435 g/mol. The van der Waals surface area contributed by atoms with Gasteiger partial charge in [0.15, 0.2) is 0 Å². The van der Waals surface area contributed by atoms with Gasteiger partial charge in [0.25, 0.3) is 0 Å². The molecule has 1 aromatic carbocycles. The van der Waals surface area contributed by atoms with Crippen LogP contribution in [-0.2, 0) is 19.1 Å². The van der Waals surface area contributed by atoms with Gasteiger partial charge in [-0.05, 0) is 55.2 Å². The maximum atomic E-state index is 11.1. The lowest BCUT2D eigenvalue weighted by atomic mass is 9.82. The average Bonchev–Trinajstić information content (AvgIpc) is 2.72. The van der Waals surface area contributed by atoms with E-state index in [2.05, 4.69) is 25.3 Å². The molecule has 0 saturated heterocycles. The van der Waals surface area contributed by atoms with Crippen molar-refractivity contribution in [2.45, 2.75) is 55.4 Å². The van der Waals surface area contributed by atoms with Gasteiger partial charge in [0.05, 0.1) is 6.61 Å². The standard InChI is InChI=1S/C22H26O5.4CH4/c1-3-21(23)25-15-19-9-7-17(8-10-19)5-6-18-11-13-20(14-12-18)26-16-27-22(24)4-2;;;;/h3-6,11-14,17,19H,1-2,7-10,15-16H2;4*1H4. The maximum Gasteiger partial charge on any atom is 0.333 e. The van der Waals surface area contributed by atoms with Gasteiger partial charge in [-0.1, -0.05) is 67.1 Å². The second kappa shape index (κ2) is 18.0. The van der Waals surface area contributed by atoms with Crippen LogP contribution in [0.25, 0.3) is 6.08 Å². The molecule has 1 aliphatic rings. The molecule has 1 saturated carbocycles. The normalized spacial score (nSPS) is 16.8. The Morgan fingerprint density at radius 2 is 1.42 bits per heavy atom. The molecule has 1 aromatic rings. The van der Waals surface area contributed by atoms with Crippen molar-refractivity contribution in [3.8, 4) is 5.75 Å². The molecule has 1 fully saturated rings. The molecule has 0 N–H and O–H groups in total. The van der Waals surface area contributed by atoms with Crippen LogP contribution in [0, 0.1) is 11.8 Å². The van der Waals surface area contributed by atoms with E-state index in [1.54, 1.807) is 0 Å². The van der Waals surface area contributed by atoms with E-state index in [0.29, 0.717) is 24.2 Å². The predicted octanol–water partition coefficient (Wildman–Crippen LogP) is 6.85. The van der Waals surface area contributed by atoms with Crippen LogP contribution < -0.4 is 4.74 Å². The van der Waals surface area contributed by atoms with Crippen LogP contribution in [0.1, 0.15) is 61.0 Å². The third-order valence-corrected chi connectivity index (χ3v) is 4.55. The molecule has 2 rings (SSSR count). The molecule has 0 atom stereocenters. The molecular formula is C26H42O5. The largest absolute Gasteiger partial charge is 0.462 e. The summed E-state index contributed by atoms with van der Waals surface area (Å²) in [6.07, 6.45) is 11.0. The number of carbonyl (C=O) groups is 2. The highest BCUT2D eigenvalue weighted by Gasteiger charge is 2.20. The molecule has 0 amide bonds. The first kappa shape index (κ1) is 32.8. The number of rotatable bonds is 9. The van der Waals surface area contributed by atoms with Gasteiger partial charge in [0.1, 0.15) is 5.75 Å². The van der Waals surface area contributed by atoms with E-state index in [4.69, 9.17) is 14.2 Å². The van der Waals surface area contributed by atoms with Gasteiger partial charge < -0.3 is 14.2 Å². The Morgan fingerprint density at radius 1 is 0.871 bits per heavy atom. The molecule has 5 heteroatoms. The molecule has 5 nitrogen and oxygen atoms in total. The minimum atomic E-state index is -0.511. The Morgan fingerprint density at radius 3 is 1.97 bits per heavy atom. The summed E-state index contributed by atoms with van der Waals surface area (Å²) >= 11 is 0. The van der Waals surface area contributed by atoms with Crippen LogP contribution in [0.15, 0.2) is 55.7 Å². The lowest BCUT2D eigenvalue weighted by Gasteiger charge is -2.26. The molecule has 1 aliphatic carbocycles. The van der Waals surface area contributed by atoms with Crippen LogP contribution in [0.2, 0.25) is 0 Å². The molecule has 0 spiro atoms. The van der Waals surface area contributed by atoms with Crippen LogP contribution in [-0.4, -0.2) is 25.3 Å². The van der Waals surface area contributed by atoms with Crippen molar-refractivity contribution in [1.82, 2.24) is 0 Å². The highest BCUT2D eigenvalue weighted by molar-refractivity contribution is 5.81. The Kier molecular flexibility index (Phi) is 19.1. The Balaban J connectivity index is -0.00000196. The lowest BCUT2D eigenvalue weighted by molar-refractivity contribution is -0.144. The summed E-state index contributed by atoms with van der Waals surface area (Å²) in [5.74, 6) is 0.779. The Bertz CT molecular complexity index is 668. The van der Waals surface area contributed by atoms with Crippen LogP contribution in [0.4, 0.5) is 0 Å². The summed E-state index contributed by atoms with van der Waals surface area (Å²) < 4.78 is 15.2. The first-order chi connectivity index (χ1) is 13.1. The molecule has 0 aliphatic heterocycles. The molecule has 0 unspecified atom stereocenters. The number of benzene rings is 1. The van der Waals surface area contributed by atoms with Gasteiger partial charge in [-0.2, -0.15) is 0 Å².